The number of hydrogen-bond acceptors (Lipinski definition) is 3. The zero-order valence-electron chi connectivity index (χ0n) is 11.5. The van der Waals surface area contributed by atoms with Gasteiger partial charge in [-0.25, -0.2) is 8.42 Å². The van der Waals surface area contributed by atoms with E-state index >= 15 is 0 Å². The third-order valence-electron chi connectivity index (χ3n) is 3.69. The number of nitrogens with zero attached hydrogens (tertiary/aromatic N) is 1. The van der Waals surface area contributed by atoms with Crippen LogP contribution in [0.2, 0.25) is 5.02 Å². The Morgan fingerprint density at radius 3 is 2.71 bits per heavy atom. The van der Waals surface area contributed by atoms with E-state index in [1.54, 1.807) is 18.2 Å². The van der Waals surface area contributed by atoms with Crippen LogP contribution in [0.3, 0.4) is 0 Å². The van der Waals surface area contributed by atoms with Gasteiger partial charge in [0.05, 0.1) is 5.02 Å². The summed E-state index contributed by atoms with van der Waals surface area (Å²) < 4.78 is 26.9. The molecule has 116 valence electrons. The molecule has 0 saturated carbocycles. The summed E-state index contributed by atoms with van der Waals surface area (Å²) in [6.07, 6.45) is 2.70. The molecule has 0 spiro atoms. The Morgan fingerprint density at radius 2 is 2.05 bits per heavy atom. The lowest BCUT2D eigenvalue weighted by atomic mass is 10.0. The van der Waals surface area contributed by atoms with Crippen molar-refractivity contribution in [3.8, 4) is 0 Å². The van der Waals surface area contributed by atoms with Crippen molar-refractivity contribution in [3.63, 3.8) is 0 Å². The fourth-order valence-corrected chi connectivity index (χ4v) is 4.87. The van der Waals surface area contributed by atoms with Crippen molar-refractivity contribution in [3.05, 3.63) is 29.3 Å². The van der Waals surface area contributed by atoms with Crippen molar-refractivity contribution in [1.29, 1.82) is 0 Å². The van der Waals surface area contributed by atoms with Crippen molar-refractivity contribution >= 4 is 27.6 Å². The van der Waals surface area contributed by atoms with Gasteiger partial charge < -0.3 is 5.11 Å². The highest BCUT2D eigenvalue weighted by Gasteiger charge is 2.34. The van der Waals surface area contributed by atoms with Crippen LogP contribution in [-0.4, -0.2) is 36.4 Å². The number of sulfonamides is 1. The second-order valence-corrected chi connectivity index (χ2v) is 7.39. The first-order chi connectivity index (χ1) is 9.93. The number of hydrogen-bond donors (Lipinski definition) is 1. The summed E-state index contributed by atoms with van der Waals surface area (Å²) in [5, 5.41) is 9.00. The molecule has 5 nitrogen and oxygen atoms in total. The van der Waals surface area contributed by atoms with Crippen molar-refractivity contribution in [2.75, 3.05) is 6.54 Å². The van der Waals surface area contributed by atoms with E-state index < -0.39 is 16.0 Å². The van der Waals surface area contributed by atoms with E-state index in [9.17, 15) is 13.2 Å². The Morgan fingerprint density at radius 1 is 1.33 bits per heavy atom. The molecule has 1 aliphatic heterocycles. The molecule has 2 rings (SSSR count). The Hall–Kier alpha value is -1.11. The van der Waals surface area contributed by atoms with Gasteiger partial charge in [0.15, 0.2) is 0 Å². The van der Waals surface area contributed by atoms with E-state index in [0.717, 1.165) is 12.8 Å². The maximum Gasteiger partial charge on any atom is 0.303 e. The number of rotatable bonds is 5. The largest absolute Gasteiger partial charge is 0.481 e. The number of carboxylic acid groups (broad SMARTS) is 1. The topological polar surface area (TPSA) is 74.7 Å². The van der Waals surface area contributed by atoms with E-state index in [4.69, 9.17) is 16.7 Å². The molecule has 7 heteroatoms. The molecule has 0 bridgehead atoms. The first kappa shape index (κ1) is 16.3. The highest BCUT2D eigenvalue weighted by Crippen LogP contribution is 2.30. The molecule has 1 fully saturated rings. The molecule has 21 heavy (non-hydrogen) atoms. The molecule has 0 aromatic heterocycles. The predicted molar refractivity (Wildman–Crippen MR) is 79.9 cm³/mol. The van der Waals surface area contributed by atoms with Crippen LogP contribution in [0.25, 0.3) is 0 Å². The molecular weight excluding hydrogens is 314 g/mol. The van der Waals surface area contributed by atoms with Crippen LogP contribution in [-0.2, 0) is 14.8 Å². The highest BCUT2D eigenvalue weighted by atomic mass is 35.5. The van der Waals surface area contributed by atoms with Gasteiger partial charge in [-0.2, -0.15) is 4.31 Å². The molecule has 1 heterocycles. The summed E-state index contributed by atoms with van der Waals surface area (Å²) >= 11 is 6.00. The number of halogens is 1. The van der Waals surface area contributed by atoms with Gasteiger partial charge in [0.1, 0.15) is 4.90 Å². The van der Waals surface area contributed by atoms with Crippen LogP contribution >= 0.6 is 11.6 Å². The SMILES string of the molecule is O=C(O)CCC1CCCCN1S(=O)(=O)c1ccccc1Cl. The lowest BCUT2D eigenvalue weighted by Crippen LogP contribution is -2.43. The fraction of sp³-hybridized carbons (Fsp3) is 0.500. The zero-order chi connectivity index (χ0) is 15.5. The van der Waals surface area contributed by atoms with Crippen LogP contribution in [0.5, 0.6) is 0 Å². The molecule has 1 aromatic carbocycles. The second kappa shape index (κ2) is 6.77. The third-order valence-corrected chi connectivity index (χ3v) is 6.14. The van der Waals surface area contributed by atoms with E-state index in [1.807, 2.05) is 0 Å². The van der Waals surface area contributed by atoms with Gasteiger partial charge in [0.25, 0.3) is 0 Å². The number of aliphatic carboxylic acids is 1. The van der Waals surface area contributed by atoms with Gasteiger partial charge >= 0.3 is 5.97 Å². The quantitative estimate of drug-likeness (QED) is 0.900. The predicted octanol–water partition coefficient (Wildman–Crippen LogP) is 2.75. The van der Waals surface area contributed by atoms with Gasteiger partial charge in [-0.1, -0.05) is 30.2 Å². The maximum absolute atomic E-state index is 12.8. The maximum atomic E-state index is 12.8. The van der Waals surface area contributed by atoms with Gasteiger partial charge in [0, 0.05) is 19.0 Å². The molecule has 1 N–H and O–H groups in total. The molecule has 0 amide bonds. The Kier molecular flexibility index (Phi) is 5.24. The Labute approximate surface area is 129 Å². The first-order valence-electron chi connectivity index (χ1n) is 6.91. The van der Waals surface area contributed by atoms with Crippen LogP contribution in [0.1, 0.15) is 32.1 Å². The molecule has 0 radical (unpaired) electrons. The third kappa shape index (κ3) is 3.75. The Balaban J connectivity index is 2.27. The van der Waals surface area contributed by atoms with Crippen molar-refractivity contribution < 1.29 is 18.3 Å². The van der Waals surface area contributed by atoms with Crippen LogP contribution < -0.4 is 0 Å². The molecular formula is C14H18ClNO4S. The minimum atomic E-state index is -3.68. The summed E-state index contributed by atoms with van der Waals surface area (Å²) in [4.78, 5) is 10.8. The standard InChI is InChI=1S/C14H18ClNO4S/c15-12-6-1-2-7-13(12)21(19,20)16-10-4-3-5-11(16)8-9-14(17)18/h1-2,6-7,11H,3-5,8-10H2,(H,17,18). The lowest BCUT2D eigenvalue weighted by Gasteiger charge is -2.34. The summed E-state index contributed by atoms with van der Waals surface area (Å²) in [5.74, 6) is -0.907. The number of carboxylic acids is 1. The smallest absolute Gasteiger partial charge is 0.303 e. The zero-order valence-corrected chi connectivity index (χ0v) is 13.1. The van der Waals surface area contributed by atoms with Gasteiger partial charge in [-0.3, -0.25) is 4.79 Å². The number of piperidine rings is 1. The minimum absolute atomic E-state index is 0.0286. The average molecular weight is 332 g/mol. The monoisotopic (exact) mass is 331 g/mol. The Bertz CT molecular complexity index is 617. The minimum Gasteiger partial charge on any atom is -0.481 e. The van der Waals surface area contributed by atoms with Gasteiger partial charge in [0.2, 0.25) is 10.0 Å². The highest BCUT2D eigenvalue weighted by molar-refractivity contribution is 7.89. The summed E-state index contributed by atoms with van der Waals surface area (Å²) in [5.41, 5.74) is 0. The summed E-state index contributed by atoms with van der Waals surface area (Å²) in [6.45, 7) is 0.415. The second-order valence-electron chi connectivity index (χ2n) is 5.13. The molecule has 1 saturated heterocycles. The fourth-order valence-electron chi connectivity index (χ4n) is 2.65. The molecule has 1 aromatic rings. The van der Waals surface area contributed by atoms with Crippen molar-refractivity contribution in [2.24, 2.45) is 0 Å². The summed E-state index contributed by atoms with van der Waals surface area (Å²) in [6, 6.07) is 6.08. The normalized spacial score (nSPS) is 20.3. The van der Waals surface area contributed by atoms with Crippen LogP contribution in [0.15, 0.2) is 29.2 Å². The van der Waals surface area contributed by atoms with Crippen LogP contribution in [0, 0.1) is 0 Å². The van der Waals surface area contributed by atoms with Gasteiger partial charge in [-0.05, 0) is 31.4 Å². The number of benzene rings is 1. The van der Waals surface area contributed by atoms with E-state index in [0.29, 0.717) is 19.4 Å². The molecule has 1 unspecified atom stereocenters. The van der Waals surface area contributed by atoms with Crippen molar-refractivity contribution in [1.82, 2.24) is 4.31 Å². The number of carbonyl (C=O) groups is 1. The van der Waals surface area contributed by atoms with Crippen molar-refractivity contribution in [2.45, 2.75) is 43.0 Å². The van der Waals surface area contributed by atoms with E-state index in [1.165, 1.54) is 10.4 Å². The first-order valence-corrected chi connectivity index (χ1v) is 8.73. The molecule has 0 aliphatic carbocycles. The van der Waals surface area contributed by atoms with E-state index in [-0.39, 0.29) is 22.4 Å². The summed E-state index contributed by atoms with van der Waals surface area (Å²) in [7, 11) is -3.68. The molecule has 1 atom stereocenters. The van der Waals surface area contributed by atoms with Gasteiger partial charge in [-0.15, -0.1) is 0 Å². The average Bonchev–Trinajstić information content (AvgIpc) is 2.45. The lowest BCUT2D eigenvalue weighted by molar-refractivity contribution is -0.137. The van der Waals surface area contributed by atoms with Crippen LogP contribution in [0.4, 0.5) is 0 Å². The molecule has 1 aliphatic rings. The van der Waals surface area contributed by atoms with E-state index in [2.05, 4.69) is 0 Å².